The van der Waals surface area contributed by atoms with Gasteiger partial charge in [-0.15, -0.1) is 24.0 Å². The number of benzene rings is 1. The van der Waals surface area contributed by atoms with Crippen molar-refractivity contribution < 1.29 is 13.9 Å². The summed E-state index contributed by atoms with van der Waals surface area (Å²) < 4.78 is 24.9. The van der Waals surface area contributed by atoms with Gasteiger partial charge in [0.1, 0.15) is 5.82 Å². The maximum Gasteiger partial charge on any atom is 0.191 e. The van der Waals surface area contributed by atoms with E-state index in [-0.39, 0.29) is 35.8 Å². The van der Waals surface area contributed by atoms with E-state index in [1.165, 1.54) is 6.07 Å². The second-order valence-corrected chi connectivity index (χ2v) is 8.51. The van der Waals surface area contributed by atoms with Crippen LogP contribution in [0.5, 0.6) is 0 Å². The Labute approximate surface area is 209 Å². The zero-order chi connectivity index (χ0) is 22.1. The molecule has 2 fully saturated rings. The van der Waals surface area contributed by atoms with Crippen LogP contribution in [0.25, 0.3) is 0 Å². The smallest absolute Gasteiger partial charge is 0.191 e. The number of guanidine groups is 1. The lowest BCUT2D eigenvalue weighted by atomic mass is 10.0. The van der Waals surface area contributed by atoms with Crippen molar-refractivity contribution in [3.05, 3.63) is 35.6 Å². The molecule has 182 valence electrons. The van der Waals surface area contributed by atoms with Crippen molar-refractivity contribution in [2.45, 2.75) is 25.9 Å². The summed E-state index contributed by atoms with van der Waals surface area (Å²) in [5.41, 5.74) is 0.971. The van der Waals surface area contributed by atoms with Crippen LogP contribution in [0.3, 0.4) is 0 Å². The maximum absolute atomic E-state index is 13.9. The van der Waals surface area contributed by atoms with E-state index < -0.39 is 0 Å². The molecule has 0 amide bonds. The summed E-state index contributed by atoms with van der Waals surface area (Å²) in [6.45, 7) is 12.6. The fourth-order valence-corrected chi connectivity index (χ4v) is 4.37. The van der Waals surface area contributed by atoms with E-state index in [1.54, 1.807) is 19.2 Å². The Morgan fingerprint density at radius 1 is 1.00 bits per heavy atom. The summed E-state index contributed by atoms with van der Waals surface area (Å²) in [5.74, 6) is 1.09. The standard InChI is InChI=1S/C23H38FN5O2.HI/c1-18(2)21(28-7-11-30-12-8-28)16-26-23(25-3)27-17-22(29-9-13-31-14-10-29)19-5-4-6-20(24)15-19;/h4-6,15,18,21-22H,7-14,16-17H2,1-3H3,(H2,25,26,27);1H. The molecule has 1 aromatic carbocycles. The van der Waals surface area contributed by atoms with Crippen molar-refractivity contribution in [2.75, 3.05) is 72.7 Å². The number of hydrogen-bond acceptors (Lipinski definition) is 5. The minimum atomic E-state index is -0.205. The van der Waals surface area contributed by atoms with Crippen LogP contribution in [0.4, 0.5) is 4.39 Å². The highest BCUT2D eigenvalue weighted by atomic mass is 127. The quantitative estimate of drug-likeness (QED) is 0.288. The fraction of sp³-hybridized carbons (Fsp3) is 0.696. The molecule has 7 nitrogen and oxygen atoms in total. The predicted octanol–water partition coefficient (Wildman–Crippen LogP) is 2.34. The highest BCUT2D eigenvalue weighted by Gasteiger charge is 2.25. The van der Waals surface area contributed by atoms with Gasteiger partial charge < -0.3 is 20.1 Å². The van der Waals surface area contributed by atoms with Gasteiger partial charge in [-0.05, 0) is 23.6 Å². The van der Waals surface area contributed by atoms with E-state index in [0.717, 1.165) is 57.5 Å². The van der Waals surface area contributed by atoms with Gasteiger partial charge in [0.15, 0.2) is 5.96 Å². The molecule has 2 heterocycles. The number of rotatable bonds is 8. The third kappa shape index (κ3) is 8.09. The monoisotopic (exact) mass is 563 g/mol. The first-order valence-corrected chi connectivity index (χ1v) is 11.4. The minimum Gasteiger partial charge on any atom is -0.379 e. The van der Waals surface area contributed by atoms with Gasteiger partial charge in [-0.2, -0.15) is 0 Å². The molecule has 0 aromatic heterocycles. The van der Waals surface area contributed by atoms with E-state index in [9.17, 15) is 4.39 Å². The molecule has 2 unspecified atom stereocenters. The SMILES string of the molecule is CN=C(NCC(c1cccc(F)c1)N1CCOCC1)NCC(C(C)C)N1CCOCC1.I. The molecule has 3 rings (SSSR count). The van der Waals surface area contributed by atoms with Gasteiger partial charge in [-0.3, -0.25) is 14.8 Å². The first-order chi connectivity index (χ1) is 15.1. The number of halogens is 2. The lowest BCUT2D eigenvalue weighted by molar-refractivity contribution is 0.00747. The predicted molar refractivity (Wildman–Crippen MR) is 137 cm³/mol. The average molecular weight is 564 g/mol. The molecule has 2 atom stereocenters. The molecule has 2 aliphatic heterocycles. The normalized spacial score (nSPS) is 20.5. The Bertz CT molecular complexity index is 697. The molecule has 1 aromatic rings. The van der Waals surface area contributed by atoms with Crippen LogP contribution < -0.4 is 10.6 Å². The Morgan fingerprint density at radius 2 is 1.59 bits per heavy atom. The van der Waals surface area contributed by atoms with Crippen molar-refractivity contribution >= 4 is 29.9 Å². The second kappa shape index (κ2) is 14.3. The maximum atomic E-state index is 13.9. The van der Waals surface area contributed by atoms with Gasteiger partial charge in [-0.25, -0.2) is 4.39 Å². The van der Waals surface area contributed by atoms with Crippen molar-refractivity contribution in [1.82, 2.24) is 20.4 Å². The lowest BCUT2D eigenvalue weighted by Gasteiger charge is -2.37. The van der Waals surface area contributed by atoms with Crippen LogP contribution in [0, 0.1) is 11.7 Å². The second-order valence-electron chi connectivity index (χ2n) is 8.51. The summed E-state index contributed by atoms with van der Waals surface area (Å²) in [5, 5.41) is 6.98. The number of ether oxygens (including phenoxy) is 2. The summed E-state index contributed by atoms with van der Waals surface area (Å²) in [6.07, 6.45) is 0. The van der Waals surface area contributed by atoms with Gasteiger partial charge in [0.05, 0.1) is 32.5 Å². The van der Waals surface area contributed by atoms with Crippen LogP contribution in [0.15, 0.2) is 29.3 Å². The molecule has 0 bridgehead atoms. The molecule has 32 heavy (non-hydrogen) atoms. The summed E-state index contributed by atoms with van der Waals surface area (Å²) in [7, 11) is 1.79. The highest BCUT2D eigenvalue weighted by Crippen LogP contribution is 2.22. The molecular weight excluding hydrogens is 524 g/mol. The molecule has 9 heteroatoms. The van der Waals surface area contributed by atoms with Crippen molar-refractivity contribution in [1.29, 1.82) is 0 Å². The third-order valence-electron chi connectivity index (χ3n) is 6.17. The van der Waals surface area contributed by atoms with Gasteiger partial charge >= 0.3 is 0 Å². The third-order valence-corrected chi connectivity index (χ3v) is 6.17. The fourth-order valence-electron chi connectivity index (χ4n) is 4.37. The summed E-state index contributed by atoms with van der Waals surface area (Å²) >= 11 is 0. The van der Waals surface area contributed by atoms with Crippen molar-refractivity contribution in [2.24, 2.45) is 10.9 Å². The summed E-state index contributed by atoms with van der Waals surface area (Å²) in [6, 6.07) is 7.37. The number of hydrogen-bond donors (Lipinski definition) is 2. The molecule has 0 spiro atoms. The van der Waals surface area contributed by atoms with E-state index >= 15 is 0 Å². The molecule has 0 aliphatic carbocycles. The topological polar surface area (TPSA) is 61.4 Å². The van der Waals surface area contributed by atoms with E-state index in [2.05, 4.69) is 39.3 Å². The molecule has 2 saturated heterocycles. The number of nitrogens with one attached hydrogen (secondary N) is 2. The first kappa shape index (κ1) is 27.2. The van der Waals surface area contributed by atoms with Crippen LogP contribution in [-0.4, -0.2) is 94.5 Å². The average Bonchev–Trinajstić information content (AvgIpc) is 2.79. The van der Waals surface area contributed by atoms with Gasteiger partial charge in [0.25, 0.3) is 0 Å². The van der Waals surface area contributed by atoms with Crippen LogP contribution in [-0.2, 0) is 9.47 Å². The van der Waals surface area contributed by atoms with E-state index in [0.29, 0.717) is 31.7 Å². The van der Waals surface area contributed by atoms with Crippen LogP contribution >= 0.6 is 24.0 Å². The number of nitrogens with zero attached hydrogens (tertiary/aromatic N) is 3. The van der Waals surface area contributed by atoms with Gasteiger partial charge in [-0.1, -0.05) is 26.0 Å². The molecule has 2 N–H and O–H groups in total. The Morgan fingerprint density at radius 3 is 2.16 bits per heavy atom. The van der Waals surface area contributed by atoms with Crippen LogP contribution in [0.1, 0.15) is 25.5 Å². The molecular formula is C23H39FIN5O2. The van der Waals surface area contributed by atoms with Gasteiger partial charge in [0.2, 0.25) is 0 Å². The number of aliphatic imine (C=N–C) groups is 1. The lowest BCUT2D eigenvalue weighted by Crippen LogP contribution is -2.53. The van der Waals surface area contributed by atoms with Crippen molar-refractivity contribution in [3.63, 3.8) is 0 Å². The van der Waals surface area contributed by atoms with Gasteiger partial charge in [0, 0.05) is 52.4 Å². The minimum absolute atomic E-state index is 0. The van der Waals surface area contributed by atoms with E-state index in [4.69, 9.17) is 9.47 Å². The van der Waals surface area contributed by atoms with E-state index in [1.807, 2.05) is 6.07 Å². The Hall–Kier alpha value is -1.01. The Kier molecular flexibility index (Phi) is 12.2. The molecule has 0 saturated carbocycles. The largest absolute Gasteiger partial charge is 0.379 e. The first-order valence-electron chi connectivity index (χ1n) is 11.4. The number of morpholine rings is 2. The Balaban J connectivity index is 0.00000363. The molecule has 0 radical (unpaired) electrons. The zero-order valence-corrected chi connectivity index (χ0v) is 21.9. The highest BCUT2D eigenvalue weighted by molar-refractivity contribution is 14.0. The van der Waals surface area contributed by atoms with Crippen molar-refractivity contribution in [3.8, 4) is 0 Å². The summed E-state index contributed by atoms with van der Waals surface area (Å²) in [4.78, 5) is 9.27. The molecule has 2 aliphatic rings. The zero-order valence-electron chi connectivity index (χ0n) is 19.6. The van der Waals surface area contributed by atoms with Crippen LogP contribution in [0.2, 0.25) is 0 Å².